The first-order valence-electron chi connectivity index (χ1n) is 9.92. The highest BCUT2D eigenvalue weighted by atomic mass is 19.3. The number of anilines is 1. The van der Waals surface area contributed by atoms with Crippen molar-refractivity contribution in [2.24, 2.45) is 5.73 Å². The number of halogens is 2. The SMILES string of the molecule is CCc1ccc(CCCCN(CCCC(=O)O)CCC(F)F)nc1NC.CN. The molecule has 1 rings (SSSR count). The number of pyridine rings is 1. The lowest BCUT2D eigenvalue weighted by Crippen LogP contribution is -2.29. The highest BCUT2D eigenvalue weighted by Gasteiger charge is 2.10. The number of aromatic nitrogens is 1. The number of hydrogen-bond acceptors (Lipinski definition) is 5. The Morgan fingerprint density at radius 1 is 1.21 bits per heavy atom. The number of aryl methyl sites for hydroxylation is 2. The van der Waals surface area contributed by atoms with Gasteiger partial charge in [-0.1, -0.05) is 13.0 Å². The molecule has 4 N–H and O–H groups in total. The molecule has 0 fully saturated rings. The smallest absolute Gasteiger partial charge is 0.303 e. The van der Waals surface area contributed by atoms with Crippen molar-refractivity contribution >= 4 is 11.8 Å². The van der Waals surface area contributed by atoms with Crippen molar-refractivity contribution in [2.45, 2.75) is 58.3 Å². The number of nitrogens with one attached hydrogen (secondary N) is 1. The van der Waals surface area contributed by atoms with Crippen molar-refractivity contribution in [3.63, 3.8) is 0 Å². The van der Waals surface area contributed by atoms with Gasteiger partial charge in [-0.05, 0) is 63.9 Å². The number of carbonyl (C=O) groups is 1. The van der Waals surface area contributed by atoms with Crippen LogP contribution in [-0.4, -0.2) is 61.1 Å². The van der Waals surface area contributed by atoms with E-state index in [4.69, 9.17) is 5.11 Å². The van der Waals surface area contributed by atoms with Gasteiger partial charge in [0.15, 0.2) is 0 Å². The van der Waals surface area contributed by atoms with Crippen molar-refractivity contribution in [1.29, 1.82) is 0 Å². The predicted octanol–water partition coefficient (Wildman–Crippen LogP) is 3.41. The van der Waals surface area contributed by atoms with E-state index >= 15 is 0 Å². The quantitative estimate of drug-likeness (QED) is 0.413. The first-order valence-corrected chi connectivity index (χ1v) is 9.92. The van der Waals surface area contributed by atoms with Crippen molar-refractivity contribution in [2.75, 3.05) is 39.0 Å². The van der Waals surface area contributed by atoms with Crippen LogP contribution in [0.2, 0.25) is 0 Å². The van der Waals surface area contributed by atoms with Gasteiger partial charge in [-0.2, -0.15) is 0 Å². The summed E-state index contributed by atoms with van der Waals surface area (Å²) in [6, 6.07) is 4.14. The van der Waals surface area contributed by atoms with Gasteiger partial charge in [-0.25, -0.2) is 13.8 Å². The summed E-state index contributed by atoms with van der Waals surface area (Å²) < 4.78 is 24.9. The molecule has 28 heavy (non-hydrogen) atoms. The zero-order valence-electron chi connectivity index (χ0n) is 17.4. The molecular weight excluding hydrogens is 366 g/mol. The molecule has 1 aromatic rings. The fraction of sp³-hybridized carbons (Fsp3) is 0.700. The third-order valence-corrected chi connectivity index (χ3v) is 4.34. The van der Waals surface area contributed by atoms with Gasteiger partial charge in [-0.15, -0.1) is 0 Å². The fourth-order valence-corrected chi connectivity index (χ4v) is 2.88. The Labute approximate surface area is 167 Å². The van der Waals surface area contributed by atoms with E-state index < -0.39 is 12.4 Å². The number of unbranched alkanes of at least 4 members (excludes halogenated alkanes) is 1. The second-order valence-corrected chi connectivity index (χ2v) is 6.39. The summed E-state index contributed by atoms with van der Waals surface area (Å²) in [5, 5.41) is 11.8. The molecule has 8 heteroatoms. The van der Waals surface area contributed by atoms with Crippen LogP contribution >= 0.6 is 0 Å². The van der Waals surface area contributed by atoms with Gasteiger partial charge >= 0.3 is 5.97 Å². The van der Waals surface area contributed by atoms with Gasteiger partial charge in [0.05, 0.1) is 0 Å². The van der Waals surface area contributed by atoms with Gasteiger partial charge in [0.1, 0.15) is 5.82 Å². The molecule has 0 saturated heterocycles. The zero-order valence-corrected chi connectivity index (χ0v) is 17.4. The number of rotatable bonds is 14. The van der Waals surface area contributed by atoms with Crippen LogP contribution in [0.1, 0.15) is 50.3 Å². The van der Waals surface area contributed by atoms with E-state index in [1.54, 1.807) is 0 Å². The van der Waals surface area contributed by atoms with Crippen LogP contribution in [0.15, 0.2) is 12.1 Å². The molecule has 0 saturated carbocycles. The highest BCUT2D eigenvalue weighted by Crippen LogP contribution is 2.15. The molecule has 0 atom stereocenters. The van der Waals surface area contributed by atoms with Gasteiger partial charge in [0.2, 0.25) is 6.43 Å². The third kappa shape index (κ3) is 11.8. The van der Waals surface area contributed by atoms with Gasteiger partial charge < -0.3 is 21.1 Å². The van der Waals surface area contributed by atoms with Crippen molar-refractivity contribution in [3.05, 3.63) is 23.4 Å². The lowest BCUT2D eigenvalue weighted by atomic mass is 10.1. The predicted molar refractivity (Wildman–Crippen MR) is 110 cm³/mol. The van der Waals surface area contributed by atoms with E-state index in [-0.39, 0.29) is 12.8 Å². The molecule has 0 bridgehead atoms. The molecular formula is C20H36F2N4O2. The van der Waals surface area contributed by atoms with Crippen molar-refractivity contribution in [1.82, 2.24) is 9.88 Å². The number of nitrogens with two attached hydrogens (primary N) is 1. The average Bonchev–Trinajstić information content (AvgIpc) is 2.69. The highest BCUT2D eigenvalue weighted by molar-refractivity contribution is 5.66. The van der Waals surface area contributed by atoms with Gasteiger partial charge in [0.25, 0.3) is 0 Å². The summed E-state index contributed by atoms with van der Waals surface area (Å²) in [5.74, 6) is 0.0676. The van der Waals surface area contributed by atoms with Crippen LogP contribution in [0.5, 0.6) is 0 Å². The summed E-state index contributed by atoms with van der Waals surface area (Å²) in [4.78, 5) is 17.2. The molecule has 1 aromatic heterocycles. The summed E-state index contributed by atoms with van der Waals surface area (Å²) in [5.41, 5.74) is 6.71. The van der Waals surface area contributed by atoms with Crippen LogP contribution in [0.4, 0.5) is 14.6 Å². The van der Waals surface area contributed by atoms with E-state index in [2.05, 4.69) is 29.0 Å². The molecule has 162 valence electrons. The summed E-state index contributed by atoms with van der Waals surface area (Å²) in [6.45, 7) is 3.66. The average molecular weight is 403 g/mol. The van der Waals surface area contributed by atoms with Gasteiger partial charge in [-0.3, -0.25) is 4.79 Å². The Bertz CT molecular complexity index is 545. The molecule has 1 heterocycles. The number of carboxylic acid groups (broad SMARTS) is 1. The Balaban J connectivity index is 0.00000352. The first-order chi connectivity index (χ1) is 13.5. The summed E-state index contributed by atoms with van der Waals surface area (Å²) in [6.07, 6.45) is 1.65. The Hall–Kier alpha value is -1.80. The van der Waals surface area contributed by atoms with Crippen LogP contribution in [0.3, 0.4) is 0 Å². The third-order valence-electron chi connectivity index (χ3n) is 4.34. The van der Waals surface area contributed by atoms with Gasteiger partial charge in [0, 0.05) is 32.1 Å². The molecule has 0 aliphatic heterocycles. The number of nitrogens with zero attached hydrogens (tertiary/aromatic N) is 2. The standard InChI is InChI=1S/C19H31F2N3O2.CH5N/c1-3-15-9-10-16(23-19(15)22-2)7-4-5-12-24(14-11-17(20)21)13-6-8-18(25)26;1-2/h9-10,17H,3-8,11-14H2,1-2H3,(H,22,23)(H,25,26);2H2,1H3. The van der Waals surface area contributed by atoms with E-state index in [0.717, 1.165) is 37.2 Å². The van der Waals surface area contributed by atoms with Crippen LogP contribution in [0, 0.1) is 0 Å². The van der Waals surface area contributed by atoms with Crippen molar-refractivity contribution in [3.8, 4) is 0 Å². The van der Waals surface area contributed by atoms with Crippen LogP contribution < -0.4 is 11.1 Å². The minimum Gasteiger partial charge on any atom is -0.481 e. The monoisotopic (exact) mass is 402 g/mol. The lowest BCUT2D eigenvalue weighted by molar-refractivity contribution is -0.137. The molecule has 6 nitrogen and oxygen atoms in total. The number of hydrogen-bond donors (Lipinski definition) is 3. The van der Waals surface area contributed by atoms with E-state index in [9.17, 15) is 13.6 Å². The molecule has 0 aromatic carbocycles. The molecule has 0 radical (unpaired) electrons. The summed E-state index contributed by atoms with van der Waals surface area (Å²) in [7, 11) is 3.36. The lowest BCUT2D eigenvalue weighted by Gasteiger charge is -2.21. The van der Waals surface area contributed by atoms with E-state index in [1.165, 1.54) is 12.6 Å². The zero-order chi connectivity index (χ0) is 21.4. The molecule has 0 aliphatic rings. The minimum atomic E-state index is -2.32. The Morgan fingerprint density at radius 3 is 2.46 bits per heavy atom. The number of carboxylic acids is 1. The maximum Gasteiger partial charge on any atom is 0.303 e. The maximum atomic E-state index is 12.5. The number of aliphatic carboxylic acids is 1. The molecule has 0 unspecified atom stereocenters. The first kappa shape index (κ1) is 26.2. The van der Waals surface area contributed by atoms with Crippen LogP contribution in [-0.2, 0) is 17.6 Å². The topological polar surface area (TPSA) is 91.5 Å². The summed E-state index contributed by atoms with van der Waals surface area (Å²) >= 11 is 0. The largest absolute Gasteiger partial charge is 0.481 e. The Morgan fingerprint density at radius 2 is 1.89 bits per heavy atom. The molecule has 0 amide bonds. The Kier molecular flexibility index (Phi) is 15.1. The van der Waals surface area contributed by atoms with Crippen LogP contribution in [0.25, 0.3) is 0 Å². The number of alkyl halides is 2. The minimum absolute atomic E-state index is 0.0751. The molecule has 0 aliphatic carbocycles. The van der Waals surface area contributed by atoms with E-state index in [1.807, 2.05) is 18.0 Å². The fourth-order valence-electron chi connectivity index (χ4n) is 2.88. The van der Waals surface area contributed by atoms with Crippen molar-refractivity contribution < 1.29 is 18.7 Å². The molecule has 0 spiro atoms. The maximum absolute atomic E-state index is 12.5. The van der Waals surface area contributed by atoms with E-state index in [0.29, 0.717) is 26.1 Å². The second kappa shape index (κ2) is 16.2. The normalized spacial score (nSPS) is 10.7. The second-order valence-electron chi connectivity index (χ2n) is 6.39.